The highest BCUT2D eigenvalue weighted by molar-refractivity contribution is 7.17. The van der Waals surface area contributed by atoms with Crippen LogP contribution in [0.25, 0.3) is 21.7 Å². The van der Waals surface area contributed by atoms with Crippen LogP contribution in [0.4, 0.5) is 0 Å². The zero-order valence-electron chi connectivity index (χ0n) is 15.9. The highest BCUT2D eigenvalue weighted by atomic mass is 35.5. The van der Waals surface area contributed by atoms with E-state index in [0.29, 0.717) is 16.4 Å². The molecule has 0 aliphatic rings. The van der Waals surface area contributed by atoms with Gasteiger partial charge in [0.1, 0.15) is 5.82 Å². The Morgan fingerprint density at radius 3 is 2.81 bits per heavy atom. The van der Waals surface area contributed by atoms with Gasteiger partial charge in [0.25, 0.3) is 5.91 Å². The van der Waals surface area contributed by atoms with E-state index < -0.39 is 0 Å². The summed E-state index contributed by atoms with van der Waals surface area (Å²) in [5.74, 6) is 0.734. The number of rotatable bonds is 8. The third kappa shape index (κ3) is 4.69. The van der Waals surface area contributed by atoms with Crippen molar-refractivity contribution in [2.24, 2.45) is 0 Å². The molecule has 0 aliphatic heterocycles. The maximum absolute atomic E-state index is 12.4. The number of aromatic nitrogens is 2. The Balaban J connectivity index is 1.63. The van der Waals surface area contributed by atoms with Crippen molar-refractivity contribution in [1.29, 1.82) is 0 Å². The zero-order valence-corrected chi connectivity index (χ0v) is 17.5. The van der Waals surface area contributed by atoms with E-state index in [2.05, 4.69) is 34.0 Å². The van der Waals surface area contributed by atoms with Gasteiger partial charge in [-0.25, -0.2) is 4.98 Å². The van der Waals surface area contributed by atoms with Gasteiger partial charge in [-0.2, -0.15) is 0 Å². The number of thiophene rings is 1. The highest BCUT2D eigenvalue weighted by Crippen LogP contribution is 2.29. The molecule has 3 aromatic rings. The molecule has 7 heteroatoms. The van der Waals surface area contributed by atoms with Crippen molar-refractivity contribution in [3.8, 4) is 10.7 Å². The number of carbonyl (C=O) groups excluding carboxylic acids is 1. The van der Waals surface area contributed by atoms with E-state index in [9.17, 15) is 4.79 Å². The monoisotopic (exact) mass is 404 g/mol. The lowest BCUT2D eigenvalue weighted by Gasteiger charge is -2.17. The summed E-state index contributed by atoms with van der Waals surface area (Å²) in [5.41, 5.74) is 2.79. The lowest BCUT2D eigenvalue weighted by molar-refractivity contribution is 0.0956. The molecule has 2 N–H and O–H groups in total. The number of hydrogen-bond acceptors (Lipinski definition) is 4. The van der Waals surface area contributed by atoms with Crippen LogP contribution in [0.2, 0.25) is 5.02 Å². The van der Waals surface area contributed by atoms with E-state index >= 15 is 0 Å². The lowest BCUT2D eigenvalue weighted by atomic mass is 10.2. The van der Waals surface area contributed by atoms with E-state index in [1.165, 1.54) is 11.3 Å². The summed E-state index contributed by atoms with van der Waals surface area (Å²) in [6, 6.07) is 7.64. The average molecular weight is 405 g/mol. The van der Waals surface area contributed by atoms with Gasteiger partial charge in [-0.15, -0.1) is 11.3 Å². The number of fused-ring (bicyclic) bond motifs is 1. The molecule has 0 unspecified atom stereocenters. The fourth-order valence-electron chi connectivity index (χ4n) is 2.98. The third-order valence-electron chi connectivity index (χ3n) is 4.66. The van der Waals surface area contributed by atoms with Crippen LogP contribution in [0.1, 0.15) is 35.5 Å². The van der Waals surface area contributed by atoms with Gasteiger partial charge < -0.3 is 15.2 Å². The Hall–Kier alpha value is -1.89. The first-order chi connectivity index (χ1) is 13.0. The van der Waals surface area contributed by atoms with E-state index in [4.69, 9.17) is 11.6 Å². The number of nitrogens with one attached hydrogen (secondary N) is 2. The number of amides is 1. The number of benzene rings is 1. The summed E-state index contributed by atoms with van der Waals surface area (Å²) >= 11 is 7.62. The van der Waals surface area contributed by atoms with Crippen LogP contribution in [-0.4, -0.2) is 47.0 Å². The molecule has 2 aromatic heterocycles. The number of aromatic amines is 1. The first-order valence-corrected chi connectivity index (χ1v) is 10.5. The van der Waals surface area contributed by atoms with Crippen LogP contribution in [-0.2, 0) is 0 Å². The Morgan fingerprint density at radius 1 is 1.30 bits per heavy atom. The summed E-state index contributed by atoms with van der Waals surface area (Å²) in [6.45, 7) is 10.1. The minimum Gasteiger partial charge on any atom is -0.351 e. The quantitative estimate of drug-likeness (QED) is 0.534. The zero-order chi connectivity index (χ0) is 19.4. The third-order valence-corrected chi connectivity index (χ3v) is 6.15. The molecule has 0 spiro atoms. The number of halogens is 1. The number of hydrogen-bond donors (Lipinski definition) is 2. The normalized spacial score (nSPS) is 11.4. The Morgan fingerprint density at radius 2 is 2.07 bits per heavy atom. The second-order valence-corrected chi connectivity index (χ2v) is 8.00. The fourth-order valence-corrected chi connectivity index (χ4v) is 4.00. The van der Waals surface area contributed by atoms with E-state index in [0.717, 1.165) is 53.4 Å². The predicted octanol–water partition coefficient (Wildman–Crippen LogP) is 4.71. The summed E-state index contributed by atoms with van der Waals surface area (Å²) in [4.78, 5) is 24.3. The van der Waals surface area contributed by atoms with Gasteiger partial charge in [-0.1, -0.05) is 25.4 Å². The van der Waals surface area contributed by atoms with E-state index in [-0.39, 0.29) is 5.91 Å². The second-order valence-electron chi connectivity index (χ2n) is 6.50. The number of aryl methyl sites for hydroxylation is 1. The number of nitrogens with zero attached hydrogens (tertiary/aromatic N) is 2. The van der Waals surface area contributed by atoms with Crippen LogP contribution in [0.5, 0.6) is 0 Å². The molecule has 0 bridgehead atoms. The number of H-pyrrole nitrogens is 1. The van der Waals surface area contributed by atoms with Gasteiger partial charge in [-0.05, 0) is 62.8 Å². The minimum absolute atomic E-state index is 0.0270. The summed E-state index contributed by atoms with van der Waals surface area (Å²) < 4.78 is 0. The average Bonchev–Trinajstić information content (AvgIpc) is 3.29. The van der Waals surface area contributed by atoms with Crippen molar-refractivity contribution in [1.82, 2.24) is 20.2 Å². The molecular formula is C20H25ClN4OS. The molecule has 0 radical (unpaired) electrons. The maximum atomic E-state index is 12.4. The summed E-state index contributed by atoms with van der Waals surface area (Å²) in [6.07, 6.45) is 0.954. The maximum Gasteiger partial charge on any atom is 0.261 e. The molecule has 2 heterocycles. The van der Waals surface area contributed by atoms with Gasteiger partial charge in [-0.3, -0.25) is 4.79 Å². The summed E-state index contributed by atoms with van der Waals surface area (Å²) in [7, 11) is 0. The van der Waals surface area contributed by atoms with Crippen molar-refractivity contribution < 1.29 is 4.79 Å². The standard InChI is InChI=1S/C20H25ClN4OS/c1-4-25(5-2)10-6-9-22-20(26)18-8-7-17(27-18)19-23-15-11-13(3)14(21)12-16(15)24-19/h7-8,11-12H,4-6,9-10H2,1-3H3,(H,22,26)(H,23,24). The largest absolute Gasteiger partial charge is 0.351 e. The van der Waals surface area contributed by atoms with Crippen LogP contribution < -0.4 is 5.32 Å². The molecule has 0 saturated carbocycles. The van der Waals surface area contributed by atoms with Crippen molar-refractivity contribution in [3.05, 3.63) is 39.7 Å². The molecule has 1 aromatic carbocycles. The van der Waals surface area contributed by atoms with Gasteiger partial charge in [0.2, 0.25) is 0 Å². The van der Waals surface area contributed by atoms with Crippen molar-refractivity contribution in [2.75, 3.05) is 26.2 Å². The number of carbonyl (C=O) groups is 1. The Labute approximate surface area is 168 Å². The Bertz CT molecular complexity index is 890. The van der Waals surface area contributed by atoms with Crippen LogP contribution >= 0.6 is 22.9 Å². The van der Waals surface area contributed by atoms with Crippen molar-refractivity contribution in [3.63, 3.8) is 0 Å². The Kier molecular flexibility index (Phi) is 6.52. The molecule has 27 heavy (non-hydrogen) atoms. The van der Waals surface area contributed by atoms with E-state index in [1.807, 2.05) is 31.2 Å². The molecule has 5 nitrogen and oxygen atoms in total. The van der Waals surface area contributed by atoms with Crippen molar-refractivity contribution in [2.45, 2.75) is 27.2 Å². The highest BCUT2D eigenvalue weighted by Gasteiger charge is 2.13. The molecule has 0 fully saturated rings. The van der Waals surface area contributed by atoms with Crippen LogP contribution in [0.3, 0.4) is 0 Å². The topological polar surface area (TPSA) is 61.0 Å². The van der Waals surface area contributed by atoms with Crippen LogP contribution in [0, 0.1) is 6.92 Å². The van der Waals surface area contributed by atoms with Gasteiger partial charge in [0.15, 0.2) is 0 Å². The molecule has 0 atom stereocenters. The second kappa shape index (κ2) is 8.87. The molecule has 1 amide bonds. The number of imidazole rings is 1. The molecule has 0 saturated heterocycles. The fraction of sp³-hybridized carbons (Fsp3) is 0.400. The smallest absolute Gasteiger partial charge is 0.261 e. The molecule has 144 valence electrons. The summed E-state index contributed by atoms with van der Waals surface area (Å²) in [5, 5.41) is 3.71. The lowest BCUT2D eigenvalue weighted by Crippen LogP contribution is -2.29. The van der Waals surface area contributed by atoms with Crippen LogP contribution in [0.15, 0.2) is 24.3 Å². The first kappa shape index (κ1) is 19.9. The SMILES string of the molecule is CCN(CC)CCCNC(=O)c1ccc(-c2nc3cc(Cl)c(C)cc3[nH]2)s1. The van der Waals surface area contributed by atoms with Gasteiger partial charge in [0.05, 0.1) is 20.8 Å². The molecule has 0 aliphatic carbocycles. The van der Waals surface area contributed by atoms with Gasteiger partial charge >= 0.3 is 0 Å². The van der Waals surface area contributed by atoms with Gasteiger partial charge in [0, 0.05) is 11.6 Å². The molecular weight excluding hydrogens is 380 g/mol. The van der Waals surface area contributed by atoms with Crippen molar-refractivity contribution >= 4 is 39.9 Å². The molecule has 3 rings (SSSR count). The van der Waals surface area contributed by atoms with E-state index in [1.54, 1.807) is 0 Å². The first-order valence-electron chi connectivity index (χ1n) is 9.28. The minimum atomic E-state index is -0.0270. The predicted molar refractivity (Wildman–Crippen MR) is 114 cm³/mol.